The number of nitrogens with zero attached hydrogens (tertiary/aromatic N) is 1. The van der Waals surface area contributed by atoms with Crippen molar-refractivity contribution in [3.63, 3.8) is 0 Å². The van der Waals surface area contributed by atoms with Gasteiger partial charge in [0.05, 0.1) is 6.04 Å². The number of benzene rings is 1. The van der Waals surface area contributed by atoms with Gasteiger partial charge in [-0.25, -0.2) is 13.6 Å². The van der Waals surface area contributed by atoms with Gasteiger partial charge in [0, 0.05) is 32.0 Å². The number of alkyl carbamates (subject to hydrolysis) is 1. The van der Waals surface area contributed by atoms with Crippen LogP contribution in [0, 0.1) is 5.82 Å². The first-order valence-corrected chi connectivity index (χ1v) is 9.76. The van der Waals surface area contributed by atoms with Crippen LogP contribution in [0.2, 0.25) is 0 Å². The van der Waals surface area contributed by atoms with Gasteiger partial charge in [0.2, 0.25) is 0 Å². The Labute approximate surface area is 164 Å². The van der Waals surface area contributed by atoms with Crippen LogP contribution in [0.3, 0.4) is 0 Å². The van der Waals surface area contributed by atoms with Gasteiger partial charge in [-0.15, -0.1) is 0 Å². The van der Waals surface area contributed by atoms with Crippen molar-refractivity contribution in [1.82, 2.24) is 10.2 Å². The van der Waals surface area contributed by atoms with Crippen molar-refractivity contribution < 1.29 is 23.1 Å². The SMILES string of the molecule is CC(C)(C)OC(=O)N[C@@H]1C[C@@H](F)CN([C@@H]2C[C@H](c3ccc(F)cc3)CC2=O)C1. The summed E-state index contributed by atoms with van der Waals surface area (Å²) in [5.41, 5.74) is 0.298. The van der Waals surface area contributed by atoms with Gasteiger partial charge < -0.3 is 10.1 Å². The van der Waals surface area contributed by atoms with Crippen LogP contribution in [0.25, 0.3) is 0 Å². The molecule has 1 saturated heterocycles. The molecule has 0 bridgehead atoms. The Kier molecular flexibility index (Phi) is 6.03. The van der Waals surface area contributed by atoms with E-state index in [2.05, 4.69) is 5.32 Å². The molecule has 5 nitrogen and oxygen atoms in total. The summed E-state index contributed by atoms with van der Waals surface area (Å²) in [7, 11) is 0. The lowest BCUT2D eigenvalue weighted by molar-refractivity contribution is -0.122. The van der Waals surface area contributed by atoms with Crippen molar-refractivity contribution in [3.05, 3.63) is 35.6 Å². The number of alkyl halides is 1. The number of hydrogen-bond donors (Lipinski definition) is 1. The van der Waals surface area contributed by atoms with Crippen LogP contribution in [0.5, 0.6) is 0 Å². The molecule has 7 heteroatoms. The number of carbonyl (C=O) groups is 2. The molecule has 1 aromatic rings. The number of ketones is 1. The van der Waals surface area contributed by atoms with Gasteiger partial charge in [-0.2, -0.15) is 0 Å². The standard InChI is InChI=1S/C21H28F2N2O3/c1-21(2,3)28-20(27)24-17-10-16(23)11-25(12-17)18-8-14(9-19(18)26)13-4-6-15(22)7-5-13/h4-7,14,16-18H,8-12H2,1-3H3,(H,24,27)/t14-,16+,17+,18+/m0/s1. The van der Waals surface area contributed by atoms with Crippen molar-refractivity contribution in [3.8, 4) is 0 Å². The Balaban J connectivity index is 1.63. The summed E-state index contributed by atoms with van der Waals surface area (Å²) in [6.45, 7) is 5.89. The van der Waals surface area contributed by atoms with Crippen molar-refractivity contribution in [1.29, 1.82) is 0 Å². The molecule has 1 heterocycles. The van der Waals surface area contributed by atoms with E-state index in [4.69, 9.17) is 4.74 Å². The van der Waals surface area contributed by atoms with Crippen LogP contribution in [-0.2, 0) is 9.53 Å². The van der Waals surface area contributed by atoms with E-state index in [-0.39, 0.29) is 36.5 Å². The van der Waals surface area contributed by atoms with E-state index >= 15 is 0 Å². The van der Waals surface area contributed by atoms with Crippen LogP contribution in [0.15, 0.2) is 24.3 Å². The first-order chi connectivity index (χ1) is 13.1. The maximum absolute atomic E-state index is 14.3. The quantitative estimate of drug-likeness (QED) is 0.851. The largest absolute Gasteiger partial charge is 0.444 e. The van der Waals surface area contributed by atoms with Crippen molar-refractivity contribution in [2.45, 2.75) is 69.8 Å². The highest BCUT2D eigenvalue weighted by atomic mass is 19.1. The highest BCUT2D eigenvalue weighted by molar-refractivity contribution is 5.87. The van der Waals surface area contributed by atoms with Crippen LogP contribution in [0.4, 0.5) is 13.6 Å². The van der Waals surface area contributed by atoms with E-state index in [0.717, 1.165) is 5.56 Å². The number of rotatable bonds is 3. The van der Waals surface area contributed by atoms with E-state index < -0.39 is 23.9 Å². The first-order valence-electron chi connectivity index (χ1n) is 9.76. The van der Waals surface area contributed by atoms with E-state index in [1.165, 1.54) is 12.1 Å². The lowest BCUT2D eigenvalue weighted by atomic mass is 9.96. The molecule has 2 aliphatic rings. The molecule has 1 saturated carbocycles. The molecule has 154 valence electrons. The number of piperidine rings is 1. The molecule has 1 aliphatic heterocycles. The molecule has 1 N–H and O–H groups in total. The second-order valence-corrected chi connectivity index (χ2v) is 8.80. The average Bonchev–Trinajstić information content (AvgIpc) is 2.95. The number of hydrogen-bond acceptors (Lipinski definition) is 4. The summed E-state index contributed by atoms with van der Waals surface area (Å²) in [5.74, 6) is -0.230. The zero-order valence-corrected chi connectivity index (χ0v) is 16.6. The van der Waals surface area contributed by atoms with Crippen LogP contribution >= 0.6 is 0 Å². The lowest BCUT2D eigenvalue weighted by Gasteiger charge is -2.38. The topological polar surface area (TPSA) is 58.6 Å². The maximum atomic E-state index is 14.3. The molecule has 1 amide bonds. The third kappa shape index (κ3) is 5.28. The number of halogens is 2. The summed E-state index contributed by atoms with van der Waals surface area (Å²) >= 11 is 0. The monoisotopic (exact) mass is 394 g/mol. The lowest BCUT2D eigenvalue weighted by Crippen LogP contribution is -2.55. The predicted octanol–water partition coefficient (Wildman–Crippen LogP) is 3.58. The molecular weight excluding hydrogens is 366 g/mol. The minimum Gasteiger partial charge on any atom is -0.444 e. The van der Waals surface area contributed by atoms with Gasteiger partial charge in [-0.3, -0.25) is 9.69 Å². The molecule has 0 unspecified atom stereocenters. The average molecular weight is 394 g/mol. The fraction of sp³-hybridized carbons (Fsp3) is 0.619. The molecule has 0 radical (unpaired) electrons. The van der Waals surface area contributed by atoms with Gasteiger partial charge in [-0.05, 0) is 50.8 Å². The van der Waals surface area contributed by atoms with E-state index in [1.807, 2.05) is 4.90 Å². The zero-order chi connectivity index (χ0) is 20.5. The second kappa shape index (κ2) is 8.15. The number of amides is 1. The van der Waals surface area contributed by atoms with Crippen LogP contribution in [0.1, 0.15) is 51.5 Å². The highest BCUT2D eigenvalue weighted by Crippen LogP contribution is 2.36. The molecular formula is C21H28F2N2O3. The van der Waals surface area contributed by atoms with Gasteiger partial charge in [0.1, 0.15) is 17.6 Å². The molecule has 28 heavy (non-hydrogen) atoms. The summed E-state index contributed by atoms with van der Waals surface area (Å²) < 4.78 is 32.7. The molecule has 1 aliphatic carbocycles. The van der Waals surface area contributed by atoms with E-state index in [9.17, 15) is 18.4 Å². The molecule has 0 spiro atoms. The first kappa shape index (κ1) is 20.7. The minimum atomic E-state index is -1.12. The molecule has 1 aromatic carbocycles. The summed E-state index contributed by atoms with van der Waals surface area (Å²) in [5, 5.41) is 2.73. The van der Waals surface area contributed by atoms with E-state index in [1.54, 1.807) is 32.9 Å². The Morgan fingerprint density at radius 3 is 2.50 bits per heavy atom. The number of Topliss-reactive ketones (excluding diaryl/α,β-unsaturated/α-hetero) is 1. The summed E-state index contributed by atoms with van der Waals surface area (Å²) in [6.07, 6.45) is -0.540. The normalized spacial score (nSPS) is 29.0. The molecule has 3 rings (SSSR count). The highest BCUT2D eigenvalue weighted by Gasteiger charge is 2.41. The fourth-order valence-electron chi connectivity index (χ4n) is 4.11. The molecule has 2 fully saturated rings. The smallest absolute Gasteiger partial charge is 0.407 e. The van der Waals surface area contributed by atoms with Crippen LogP contribution in [-0.4, -0.2) is 53.7 Å². The Bertz CT molecular complexity index is 717. The Hall–Kier alpha value is -2.02. The number of nitrogens with one attached hydrogen (secondary N) is 1. The maximum Gasteiger partial charge on any atom is 0.407 e. The van der Waals surface area contributed by atoms with Crippen LogP contribution < -0.4 is 5.32 Å². The number of ether oxygens (including phenoxy) is 1. The van der Waals surface area contributed by atoms with Crippen molar-refractivity contribution >= 4 is 11.9 Å². The van der Waals surface area contributed by atoms with Gasteiger partial charge >= 0.3 is 6.09 Å². The third-order valence-electron chi connectivity index (χ3n) is 5.26. The predicted molar refractivity (Wildman–Crippen MR) is 101 cm³/mol. The Morgan fingerprint density at radius 2 is 1.86 bits per heavy atom. The van der Waals surface area contributed by atoms with Gasteiger partial charge in [0.25, 0.3) is 0 Å². The summed E-state index contributed by atoms with van der Waals surface area (Å²) in [6, 6.07) is 5.42. The third-order valence-corrected chi connectivity index (χ3v) is 5.26. The molecule has 0 aromatic heterocycles. The van der Waals surface area contributed by atoms with Crippen molar-refractivity contribution in [2.75, 3.05) is 13.1 Å². The zero-order valence-electron chi connectivity index (χ0n) is 16.6. The number of carbonyl (C=O) groups excluding carboxylic acids is 2. The van der Waals surface area contributed by atoms with Crippen molar-refractivity contribution in [2.24, 2.45) is 0 Å². The number of likely N-dealkylation sites (tertiary alicyclic amines) is 1. The Morgan fingerprint density at radius 1 is 1.18 bits per heavy atom. The van der Waals surface area contributed by atoms with Gasteiger partial charge in [-0.1, -0.05) is 12.1 Å². The minimum absolute atomic E-state index is 0.00959. The fourth-order valence-corrected chi connectivity index (χ4v) is 4.11. The summed E-state index contributed by atoms with van der Waals surface area (Å²) in [4.78, 5) is 26.5. The molecule has 4 atom stereocenters. The van der Waals surface area contributed by atoms with E-state index in [0.29, 0.717) is 19.4 Å². The second-order valence-electron chi connectivity index (χ2n) is 8.80. The van der Waals surface area contributed by atoms with Gasteiger partial charge in [0.15, 0.2) is 5.78 Å².